The van der Waals surface area contributed by atoms with Crippen LogP contribution < -0.4 is 15.5 Å². The van der Waals surface area contributed by atoms with Crippen LogP contribution in [0.25, 0.3) is 22.4 Å². The van der Waals surface area contributed by atoms with Crippen LogP contribution in [-0.4, -0.2) is 47.3 Å². The van der Waals surface area contributed by atoms with Gasteiger partial charge in [-0.1, -0.05) is 18.2 Å². The van der Waals surface area contributed by atoms with Gasteiger partial charge in [0.15, 0.2) is 11.5 Å². The summed E-state index contributed by atoms with van der Waals surface area (Å²) in [7, 11) is 0. The number of carbonyl (C=O) groups is 1. The van der Waals surface area contributed by atoms with E-state index in [0.717, 1.165) is 42.8 Å². The van der Waals surface area contributed by atoms with Gasteiger partial charge in [-0.3, -0.25) is 14.9 Å². The largest absolute Gasteiger partial charge is 0.449 e. The molecule has 0 atom stereocenters. The van der Waals surface area contributed by atoms with E-state index in [4.69, 9.17) is 4.42 Å². The standard InChI is InChI=1S/C21H20N6O2/c28-21(24-16-13-23-8-7-17(16)27-11-9-22-10-12-27)19-6-5-18(29-19)20-14-3-1-2-4-15(14)25-26-20/h1-8,13,22H,9-12H2,(H,24,28)(H,25,26). The first-order chi connectivity index (χ1) is 14.3. The zero-order valence-corrected chi connectivity index (χ0v) is 15.7. The monoisotopic (exact) mass is 388 g/mol. The highest BCUT2D eigenvalue weighted by molar-refractivity contribution is 6.04. The molecule has 1 saturated heterocycles. The summed E-state index contributed by atoms with van der Waals surface area (Å²) in [4.78, 5) is 19.2. The molecule has 4 heterocycles. The van der Waals surface area contributed by atoms with Gasteiger partial charge in [0.2, 0.25) is 0 Å². The molecule has 1 amide bonds. The van der Waals surface area contributed by atoms with Crippen molar-refractivity contribution in [2.75, 3.05) is 36.4 Å². The van der Waals surface area contributed by atoms with E-state index < -0.39 is 0 Å². The number of anilines is 2. The Hall–Kier alpha value is -3.65. The van der Waals surface area contributed by atoms with Crippen molar-refractivity contribution in [1.82, 2.24) is 20.5 Å². The quantitative estimate of drug-likeness (QED) is 0.497. The minimum Gasteiger partial charge on any atom is -0.449 e. The Morgan fingerprint density at radius 2 is 1.97 bits per heavy atom. The minimum absolute atomic E-state index is 0.224. The van der Waals surface area contributed by atoms with E-state index in [-0.39, 0.29) is 11.7 Å². The van der Waals surface area contributed by atoms with Crippen LogP contribution in [0.15, 0.2) is 59.3 Å². The first kappa shape index (κ1) is 17.4. The maximum absolute atomic E-state index is 12.8. The zero-order valence-electron chi connectivity index (χ0n) is 15.7. The number of para-hydroxylation sites is 1. The Morgan fingerprint density at radius 1 is 1.10 bits per heavy atom. The first-order valence-electron chi connectivity index (χ1n) is 9.54. The highest BCUT2D eigenvalue weighted by Gasteiger charge is 2.19. The van der Waals surface area contributed by atoms with Crippen LogP contribution in [0.5, 0.6) is 0 Å². The Labute approximate surface area is 166 Å². The smallest absolute Gasteiger partial charge is 0.291 e. The van der Waals surface area contributed by atoms with Gasteiger partial charge in [0.25, 0.3) is 5.91 Å². The van der Waals surface area contributed by atoms with Crippen LogP contribution >= 0.6 is 0 Å². The van der Waals surface area contributed by atoms with Gasteiger partial charge in [-0.15, -0.1) is 0 Å². The number of carbonyl (C=O) groups excluding carboxylic acids is 1. The van der Waals surface area contributed by atoms with Crippen molar-refractivity contribution in [2.24, 2.45) is 0 Å². The maximum atomic E-state index is 12.8. The van der Waals surface area contributed by atoms with Crippen LogP contribution in [0.4, 0.5) is 11.4 Å². The van der Waals surface area contributed by atoms with E-state index in [9.17, 15) is 4.79 Å². The summed E-state index contributed by atoms with van der Waals surface area (Å²) < 4.78 is 5.82. The van der Waals surface area contributed by atoms with Crippen molar-refractivity contribution < 1.29 is 9.21 Å². The number of H-pyrrole nitrogens is 1. The van der Waals surface area contributed by atoms with Gasteiger partial charge in [0.1, 0.15) is 5.69 Å². The maximum Gasteiger partial charge on any atom is 0.291 e. The van der Waals surface area contributed by atoms with Crippen molar-refractivity contribution in [2.45, 2.75) is 0 Å². The Kier molecular flexibility index (Phi) is 4.45. The molecule has 1 aromatic carbocycles. The SMILES string of the molecule is O=C(Nc1cnccc1N1CCNCC1)c1ccc(-c2n[nH]c3ccccc23)o1. The number of furan rings is 1. The second-order valence-electron chi connectivity index (χ2n) is 6.87. The molecule has 1 aliphatic rings. The van der Waals surface area contributed by atoms with Gasteiger partial charge < -0.3 is 20.0 Å². The summed E-state index contributed by atoms with van der Waals surface area (Å²) in [5.41, 5.74) is 3.23. The summed E-state index contributed by atoms with van der Waals surface area (Å²) in [6.07, 6.45) is 3.40. The fourth-order valence-corrected chi connectivity index (χ4v) is 3.59. The zero-order chi connectivity index (χ0) is 19.6. The lowest BCUT2D eigenvalue weighted by Crippen LogP contribution is -2.43. The summed E-state index contributed by atoms with van der Waals surface area (Å²) in [5, 5.41) is 14.5. The Balaban J connectivity index is 1.39. The van der Waals surface area contributed by atoms with Crippen LogP contribution in [-0.2, 0) is 0 Å². The number of piperazine rings is 1. The number of rotatable bonds is 4. The fourth-order valence-electron chi connectivity index (χ4n) is 3.59. The van der Waals surface area contributed by atoms with E-state index in [1.807, 2.05) is 30.3 Å². The minimum atomic E-state index is -0.319. The predicted molar refractivity (Wildman–Crippen MR) is 111 cm³/mol. The molecule has 8 nitrogen and oxygen atoms in total. The number of benzene rings is 1. The number of hydrogen-bond acceptors (Lipinski definition) is 6. The lowest BCUT2D eigenvalue weighted by atomic mass is 10.2. The molecule has 0 aliphatic carbocycles. The van der Waals surface area contributed by atoms with Crippen molar-refractivity contribution in [3.8, 4) is 11.5 Å². The third kappa shape index (κ3) is 3.34. The van der Waals surface area contributed by atoms with Crippen molar-refractivity contribution in [3.05, 3.63) is 60.6 Å². The number of aromatic nitrogens is 3. The average molecular weight is 388 g/mol. The summed E-state index contributed by atoms with van der Waals surface area (Å²) in [5.74, 6) is 0.448. The molecule has 8 heteroatoms. The highest BCUT2D eigenvalue weighted by atomic mass is 16.4. The van der Waals surface area contributed by atoms with Crippen molar-refractivity contribution >= 4 is 28.2 Å². The molecule has 146 valence electrons. The molecular weight excluding hydrogens is 368 g/mol. The summed E-state index contributed by atoms with van der Waals surface area (Å²) in [6, 6.07) is 13.1. The van der Waals surface area contributed by atoms with Gasteiger partial charge >= 0.3 is 0 Å². The first-order valence-corrected chi connectivity index (χ1v) is 9.54. The molecule has 3 N–H and O–H groups in total. The van der Waals surface area contributed by atoms with Gasteiger partial charge in [0.05, 0.1) is 23.1 Å². The van der Waals surface area contributed by atoms with Gasteiger partial charge in [-0.25, -0.2) is 0 Å². The summed E-state index contributed by atoms with van der Waals surface area (Å²) in [6.45, 7) is 3.58. The molecule has 0 unspecified atom stereocenters. The van der Waals surface area contributed by atoms with Crippen LogP contribution in [0.3, 0.4) is 0 Å². The molecule has 0 spiro atoms. The number of pyridine rings is 1. The third-order valence-corrected chi connectivity index (χ3v) is 5.04. The second-order valence-corrected chi connectivity index (χ2v) is 6.87. The van der Waals surface area contributed by atoms with E-state index in [1.165, 1.54) is 0 Å². The topological polar surface area (TPSA) is 99.1 Å². The van der Waals surface area contributed by atoms with Gasteiger partial charge in [0, 0.05) is 37.8 Å². The van der Waals surface area contributed by atoms with Gasteiger partial charge in [-0.05, 0) is 24.3 Å². The van der Waals surface area contributed by atoms with Crippen molar-refractivity contribution in [3.63, 3.8) is 0 Å². The summed E-state index contributed by atoms with van der Waals surface area (Å²) >= 11 is 0. The molecule has 29 heavy (non-hydrogen) atoms. The molecule has 5 rings (SSSR count). The molecule has 3 aromatic heterocycles. The van der Waals surface area contributed by atoms with Crippen LogP contribution in [0.2, 0.25) is 0 Å². The van der Waals surface area contributed by atoms with E-state index in [0.29, 0.717) is 17.1 Å². The van der Waals surface area contributed by atoms with Gasteiger partial charge in [-0.2, -0.15) is 5.10 Å². The average Bonchev–Trinajstić information content (AvgIpc) is 3.42. The number of nitrogens with zero attached hydrogens (tertiary/aromatic N) is 3. The number of hydrogen-bond donors (Lipinski definition) is 3. The molecule has 0 radical (unpaired) electrons. The molecule has 1 fully saturated rings. The lowest BCUT2D eigenvalue weighted by Gasteiger charge is -2.30. The third-order valence-electron chi connectivity index (χ3n) is 5.04. The highest BCUT2D eigenvalue weighted by Crippen LogP contribution is 2.29. The molecule has 0 saturated carbocycles. The number of amides is 1. The van der Waals surface area contributed by atoms with Crippen LogP contribution in [0, 0.1) is 0 Å². The fraction of sp³-hybridized carbons (Fsp3) is 0.190. The Bertz CT molecular complexity index is 1160. The number of fused-ring (bicyclic) bond motifs is 1. The van der Waals surface area contributed by atoms with E-state index in [1.54, 1.807) is 24.5 Å². The molecule has 0 bridgehead atoms. The normalized spacial score (nSPS) is 14.3. The number of aromatic amines is 1. The van der Waals surface area contributed by atoms with E-state index in [2.05, 4.69) is 30.7 Å². The second kappa shape index (κ2) is 7.40. The Morgan fingerprint density at radius 3 is 2.86 bits per heavy atom. The van der Waals surface area contributed by atoms with Crippen molar-refractivity contribution in [1.29, 1.82) is 0 Å². The predicted octanol–water partition coefficient (Wildman–Crippen LogP) is 2.88. The molecule has 4 aromatic rings. The molecular formula is C21H20N6O2. The number of nitrogens with one attached hydrogen (secondary N) is 3. The van der Waals surface area contributed by atoms with Crippen LogP contribution in [0.1, 0.15) is 10.6 Å². The van der Waals surface area contributed by atoms with E-state index >= 15 is 0 Å². The lowest BCUT2D eigenvalue weighted by molar-refractivity contribution is 0.0997. The molecule has 1 aliphatic heterocycles.